The highest BCUT2D eigenvalue weighted by Crippen LogP contribution is 2.36. The Balaban J connectivity index is 1.88. The van der Waals surface area contributed by atoms with Gasteiger partial charge in [-0.25, -0.2) is 0 Å². The highest BCUT2D eigenvalue weighted by molar-refractivity contribution is 7.80. The second-order valence-corrected chi connectivity index (χ2v) is 17.4. The number of cyclic esters (lactones) is 1. The molecule has 2 aliphatic rings. The predicted octanol–water partition coefficient (Wildman–Crippen LogP) is 2.44. The first-order chi connectivity index (χ1) is 25.7. The largest absolute Gasteiger partial charge is 0.459 e. The number of aliphatic hydroxyl groups excluding tert-OH is 3. The van der Waals surface area contributed by atoms with Crippen LogP contribution in [0, 0.1) is 17.8 Å². The van der Waals surface area contributed by atoms with Crippen molar-refractivity contribution in [3.8, 4) is 0 Å². The smallest absolute Gasteiger partial charge is 0.311 e. The van der Waals surface area contributed by atoms with Crippen molar-refractivity contribution in [2.45, 2.75) is 154 Å². The molecule has 2 heterocycles. The quantitative estimate of drug-likeness (QED) is 0.0988. The highest BCUT2D eigenvalue weighted by Gasteiger charge is 2.50. The lowest BCUT2D eigenvalue weighted by Gasteiger charge is -2.46. The van der Waals surface area contributed by atoms with Crippen molar-refractivity contribution >= 4 is 23.3 Å². The van der Waals surface area contributed by atoms with Crippen molar-refractivity contribution in [3.63, 3.8) is 0 Å². The van der Waals surface area contributed by atoms with E-state index in [2.05, 4.69) is 22.8 Å². The van der Waals surface area contributed by atoms with Gasteiger partial charge in [0.15, 0.2) is 11.4 Å². The summed E-state index contributed by atoms with van der Waals surface area (Å²) < 4.78 is 18.5. The van der Waals surface area contributed by atoms with Gasteiger partial charge in [-0.15, -0.1) is 0 Å². The molecule has 0 bridgehead atoms. The molecule has 1 aromatic carbocycles. The number of carbonyl (C=O) groups excluding carboxylic acids is 1. The highest BCUT2D eigenvalue weighted by atomic mass is 32.1. The van der Waals surface area contributed by atoms with Crippen molar-refractivity contribution in [1.29, 1.82) is 0 Å². The van der Waals surface area contributed by atoms with Gasteiger partial charge in [-0.1, -0.05) is 51.1 Å². The SMILES string of the molecule is CC[C@H]1OC(=O)[C@H](C)[C@@H](O)[C@H](C)[C@@H](O[C@@H]2O[C@H](C)C[C@H](N(C)C)[C@H]2O)[C@](C)(O)C[C@@H](C)CN(CCNC(=S)NCCCc2ccccc2)[C@H](C)[C@@H](O)[C@]1(C)O. The Hall–Kier alpha value is -1.98. The number of aliphatic hydroxyl groups is 5. The van der Waals surface area contributed by atoms with Crippen LogP contribution >= 0.6 is 12.2 Å². The molecule has 0 unspecified atom stereocenters. The van der Waals surface area contributed by atoms with Gasteiger partial charge in [-0.2, -0.15) is 0 Å². The molecule has 0 amide bonds. The van der Waals surface area contributed by atoms with Crippen LogP contribution in [0.15, 0.2) is 30.3 Å². The van der Waals surface area contributed by atoms with Gasteiger partial charge in [0.25, 0.3) is 0 Å². The van der Waals surface area contributed by atoms with Gasteiger partial charge >= 0.3 is 5.97 Å². The fourth-order valence-electron chi connectivity index (χ4n) is 8.41. The maximum atomic E-state index is 13.6. The molecular formula is C41H72N4O9S. The van der Waals surface area contributed by atoms with E-state index < -0.39 is 71.9 Å². The zero-order valence-electron chi connectivity index (χ0n) is 34.9. The number of nitrogens with zero attached hydrogens (tertiary/aromatic N) is 2. The number of nitrogens with one attached hydrogen (secondary N) is 2. The number of hydrogen-bond acceptors (Lipinski definition) is 12. The first-order valence-electron chi connectivity index (χ1n) is 20.2. The summed E-state index contributed by atoms with van der Waals surface area (Å²) in [5.41, 5.74) is -2.14. The Morgan fingerprint density at radius 3 is 2.27 bits per heavy atom. The third-order valence-electron chi connectivity index (χ3n) is 11.7. The summed E-state index contributed by atoms with van der Waals surface area (Å²) in [7, 11) is 3.75. The van der Waals surface area contributed by atoms with Gasteiger partial charge in [-0.05, 0) is 105 Å². The van der Waals surface area contributed by atoms with Gasteiger partial charge in [0.05, 0.1) is 29.8 Å². The van der Waals surface area contributed by atoms with Crippen LogP contribution in [0.25, 0.3) is 0 Å². The fraction of sp³-hybridized carbons (Fsp3) is 0.805. The average Bonchev–Trinajstić information content (AvgIpc) is 3.13. The van der Waals surface area contributed by atoms with Gasteiger partial charge in [0.1, 0.15) is 23.9 Å². The molecule has 13 nitrogen and oxygen atoms in total. The number of rotatable bonds is 11. The van der Waals surface area contributed by atoms with Gasteiger partial charge < -0.3 is 55.3 Å². The van der Waals surface area contributed by atoms with Crippen molar-refractivity contribution in [1.82, 2.24) is 20.4 Å². The second kappa shape index (κ2) is 21.1. The minimum Gasteiger partial charge on any atom is -0.459 e. The number of carbonyl (C=O) groups is 1. The summed E-state index contributed by atoms with van der Waals surface area (Å²) in [4.78, 5) is 17.6. The van der Waals surface area contributed by atoms with E-state index in [0.717, 1.165) is 12.8 Å². The molecule has 1 aromatic rings. The maximum Gasteiger partial charge on any atom is 0.311 e. The minimum absolute atomic E-state index is 0.193. The zero-order valence-corrected chi connectivity index (χ0v) is 35.7. The lowest BCUT2D eigenvalue weighted by molar-refractivity contribution is -0.299. The zero-order chi connectivity index (χ0) is 41.2. The summed E-state index contributed by atoms with van der Waals surface area (Å²) in [5, 5.41) is 66.0. The molecule has 0 radical (unpaired) electrons. The Morgan fingerprint density at radius 1 is 1.02 bits per heavy atom. The number of ether oxygens (including phenoxy) is 3. The number of thiocarbonyl (C=S) groups is 1. The normalized spacial score (nSPS) is 38.8. The molecule has 2 saturated heterocycles. The number of aryl methyl sites for hydroxylation is 1. The average molecular weight is 797 g/mol. The van der Waals surface area contributed by atoms with Crippen LogP contribution in [-0.2, 0) is 25.4 Å². The molecule has 14 heteroatoms. The van der Waals surface area contributed by atoms with Crippen molar-refractivity contribution in [2.24, 2.45) is 17.8 Å². The number of esters is 1. The topological polar surface area (TPSA) is 176 Å². The molecule has 0 spiro atoms. The minimum atomic E-state index is -1.84. The Morgan fingerprint density at radius 2 is 1.65 bits per heavy atom. The van der Waals surface area contributed by atoms with E-state index >= 15 is 0 Å². The molecule has 0 aliphatic carbocycles. The van der Waals surface area contributed by atoms with Gasteiger partial charge in [0.2, 0.25) is 0 Å². The standard InChI is InChI=1S/C41H72N4O9S/c1-11-32-41(8,51)35(48)29(6)45(21-20-43-39(55)42-19-15-18-30-16-13-12-14-17-30)24-25(2)23-40(7,50)36(27(4)33(46)28(5)37(49)53-32)54-38-34(47)31(44(9)10)22-26(3)52-38/h12-14,16-17,25-29,31-36,38,46-48,50-51H,11,15,18-24H2,1-10H3,(H2,42,43,55)/t25-,26-,27+,28-,29-,31+,32-,33+,34-,35-,36-,38+,40-,41-/m1/s1. The molecule has 7 N–H and O–H groups in total. The lowest BCUT2D eigenvalue weighted by Crippen LogP contribution is -2.60. The van der Waals surface area contributed by atoms with Crippen LogP contribution in [0.2, 0.25) is 0 Å². The van der Waals surface area contributed by atoms with E-state index in [9.17, 15) is 30.3 Å². The van der Waals surface area contributed by atoms with Crippen LogP contribution in [0.4, 0.5) is 0 Å². The molecule has 0 aromatic heterocycles. The lowest BCUT2D eigenvalue weighted by atomic mass is 9.78. The second-order valence-electron chi connectivity index (χ2n) is 16.9. The van der Waals surface area contributed by atoms with Gasteiger partial charge in [0, 0.05) is 44.2 Å². The summed E-state index contributed by atoms with van der Waals surface area (Å²) >= 11 is 5.57. The van der Waals surface area contributed by atoms with Gasteiger partial charge in [-0.3, -0.25) is 9.69 Å². The Bertz CT molecular complexity index is 1320. The van der Waals surface area contributed by atoms with Crippen molar-refractivity contribution in [2.75, 3.05) is 40.3 Å². The van der Waals surface area contributed by atoms with E-state index in [0.29, 0.717) is 37.7 Å². The molecular weight excluding hydrogens is 725 g/mol. The van der Waals surface area contributed by atoms with Crippen LogP contribution in [0.5, 0.6) is 0 Å². The fourth-order valence-corrected chi connectivity index (χ4v) is 8.62. The van der Waals surface area contributed by atoms with E-state index in [1.165, 1.54) is 19.4 Å². The molecule has 14 atom stereocenters. The van der Waals surface area contributed by atoms with Crippen molar-refractivity contribution in [3.05, 3.63) is 35.9 Å². The molecule has 0 saturated carbocycles. The summed E-state index contributed by atoms with van der Waals surface area (Å²) in [6.07, 6.45) is -4.37. The molecule has 55 heavy (non-hydrogen) atoms. The summed E-state index contributed by atoms with van der Waals surface area (Å²) in [5.74, 6) is -2.86. The van der Waals surface area contributed by atoms with E-state index in [-0.39, 0.29) is 30.9 Å². The first kappa shape index (κ1) is 47.4. The molecule has 2 aliphatic heterocycles. The monoisotopic (exact) mass is 797 g/mol. The van der Waals surface area contributed by atoms with Crippen LogP contribution < -0.4 is 10.6 Å². The summed E-state index contributed by atoms with van der Waals surface area (Å²) in [6, 6.07) is 9.39. The maximum absolute atomic E-state index is 13.6. The Labute approximate surface area is 335 Å². The predicted molar refractivity (Wildman–Crippen MR) is 217 cm³/mol. The van der Waals surface area contributed by atoms with E-state index in [4.69, 9.17) is 26.4 Å². The third-order valence-corrected chi connectivity index (χ3v) is 12.0. The Kier molecular flexibility index (Phi) is 18.2. The first-order valence-corrected chi connectivity index (χ1v) is 20.6. The molecule has 2 fully saturated rings. The van der Waals surface area contributed by atoms with E-state index in [1.54, 1.807) is 20.8 Å². The van der Waals surface area contributed by atoms with E-state index in [1.807, 2.05) is 62.9 Å². The number of benzene rings is 1. The van der Waals surface area contributed by atoms with Crippen molar-refractivity contribution < 1.29 is 44.5 Å². The van der Waals surface area contributed by atoms with Crippen LogP contribution in [0.3, 0.4) is 0 Å². The van der Waals surface area contributed by atoms with Crippen LogP contribution in [0.1, 0.15) is 86.6 Å². The molecule has 3 rings (SSSR count). The molecule has 316 valence electrons. The number of hydrogen-bond donors (Lipinski definition) is 7. The van der Waals surface area contributed by atoms with Crippen LogP contribution in [-0.4, -0.2) is 153 Å². The summed E-state index contributed by atoms with van der Waals surface area (Å²) in [6.45, 7) is 15.8. The number of likely N-dealkylation sites (N-methyl/N-ethyl adjacent to an activating group) is 1. The third kappa shape index (κ3) is 13.0.